The summed E-state index contributed by atoms with van der Waals surface area (Å²) in [6.07, 6.45) is 2.12. The van der Waals surface area contributed by atoms with Gasteiger partial charge in [-0.15, -0.1) is 0 Å². The number of para-hydroxylation sites is 2. The molecule has 0 aromatic heterocycles. The molecule has 13 rings (SSSR count). The first kappa shape index (κ1) is 29.9. The molecule has 2 unspecified atom stereocenters. The van der Waals surface area contributed by atoms with Crippen LogP contribution in [0.25, 0.3) is 22.3 Å². The van der Waals surface area contributed by atoms with E-state index in [1.165, 1.54) is 89.8 Å². The summed E-state index contributed by atoms with van der Waals surface area (Å²) in [7, 11) is 0. The molecule has 254 valence electrons. The number of benzene rings is 8. The van der Waals surface area contributed by atoms with Gasteiger partial charge in [-0.25, -0.2) is 0 Å². The molecule has 2 heteroatoms. The molecule has 2 nitrogen and oxygen atoms in total. The van der Waals surface area contributed by atoms with Crippen molar-refractivity contribution in [2.75, 3.05) is 9.80 Å². The van der Waals surface area contributed by atoms with Crippen molar-refractivity contribution >= 4 is 34.1 Å². The lowest BCUT2D eigenvalue weighted by molar-refractivity contribution is 0.361. The summed E-state index contributed by atoms with van der Waals surface area (Å²) in [5.74, 6) is 0. The molecule has 2 spiro atoms. The van der Waals surface area contributed by atoms with Gasteiger partial charge in [-0.3, -0.25) is 0 Å². The van der Waals surface area contributed by atoms with E-state index >= 15 is 0 Å². The third-order valence-corrected chi connectivity index (χ3v) is 12.9. The van der Waals surface area contributed by atoms with E-state index in [0.717, 1.165) is 12.8 Å². The summed E-state index contributed by atoms with van der Waals surface area (Å²) in [6.45, 7) is 0. The van der Waals surface area contributed by atoms with Gasteiger partial charge in [-0.2, -0.15) is 0 Å². The van der Waals surface area contributed by atoms with Gasteiger partial charge in [0, 0.05) is 22.2 Å². The summed E-state index contributed by atoms with van der Waals surface area (Å²) in [5, 5.41) is 0. The SMILES string of the molecule is c1ccc(-c2ccc(N3c4ccccc4C45CCC6(c7ccccc7N(c7ccc(-c8ccccc8)cc7)c7cccc4c76)c4cccc3c45)cc2)cc1. The van der Waals surface area contributed by atoms with Crippen LogP contribution in [0.5, 0.6) is 0 Å². The van der Waals surface area contributed by atoms with Crippen LogP contribution in [0.15, 0.2) is 194 Å². The number of hydrogen-bond acceptors (Lipinski definition) is 2. The Bertz CT molecular complexity index is 2580. The molecule has 3 aliphatic carbocycles. The van der Waals surface area contributed by atoms with Gasteiger partial charge in [0.2, 0.25) is 0 Å². The van der Waals surface area contributed by atoms with Crippen LogP contribution in [0.3, 0.4) is 0 Å². The maximum Gasteiger partial charge on any atom is 0.0509 e. The maximum atomic E-state index is 2.53. The van der Waals surface area contributed by atoms with Crippen LogP contribution in [0.4, 0.5) is 34.1 Å². The lowest BCUT2D eigenvalue weighted by atomic mass is 9.44. The molecule has 54 heavy (non-hydrogen) atoms. The molecule has 2 bridgehead atoms. The summed E-state index contributed by atoms with van der Waals surface area (Å²) in [6, 6.07) is 72.4. The Kier molecular flexibility index (Phi) is 6.06. The van der Waals surface area contributed by atoms with Gasteiger partial charge in [0.1, 0.15) is 0 Å². The minimum atomic E-state index is -0.259. The summed E-state index contributed by atoms with van der Waals surface area (Å²) < 4.78 is 0. The van der Waals surface area contributed by atoms with Crippen molar-refractivity contribution in [1.29, 1.82) is 0 Å². The molecule has 0 saturated heterocycles. The Morgan fingerprint density at radius 1 is 0.278 bits per heavy atom. The van der Waals surface area contributed by atoms with Crippen molar-refractivity contribution in [3.05, 3.63) is 228 Å². The number of hydrogen-bond donors (Lipinski definition) is 0. The third kappa shape index (κ3) is 3.75. The van der Waals surface area contributed by atoms with E-state index in [1.54, 1.807) is 0 Å². The molecule has 8 aromatic carbocycles. The Balaban J connectivity index is 1.09. The molecule has 0 N–H and O–H groups in total. The number of nitrogens with zero attached hydrogens (tertiary/aromatic N) is 2. The molecule has 2 heterocycles. The van der Waals surface area contributed by atoms with Crippen molar-refractivity contribution in [3.8, 4) is 22.3 Å². The summed E-state index contributed by atoms with van der Waals surface area (Å²) in [5.41, 5.74) is 20.6. The van der Waals surface area contributed by atoms with Crippen molar-refractivity contribution < 1.29 is 0 Å². The quantitative estimate of drug-likeness (QED) is 0.182. The zero-order valence-corrected chi connectivity index (χ0v) is 29.8. The predicted molar refractivity (Wildman–Crippen MR) is 222 cm³/mol. The first-order valence-electron chi connectivity index (χ1n) is 19.2. The average molecular weight is 689 g/mol. The predicted octanol–water partition coefficient (Wildman–Crippen LogP) is 13.4. The van der Waals surface area contributed by atoms with Gasteiger partial charge in [-0.1, -0.05) is 146 Å². The van der Waals surface area contributed by atoms with Crippen LogP contribution in [0.2, 0.25) is 0 Å². The van der Waals surface area contributed by atoms with Crippen molar-refractivity contribution in [2.45, 2.75) is 23.7 Å². The Morgan fingerprint density at radius 2 is 0.611 bits per heavy atom. The summed E-state index contributed by atoms with van der Waals surface area (Å²) in [4.78, 5) is 5.06. The highest BCUT2D eigenvalue weighted by molar-refractivity contribution is 5.97. The molecular weight excluding hydrogens is 653 g/mol. The fraction of sp³-hybridized carbons (Fsp3) is 0.0769. The third-order valence-electron chi connectivity index (χ3n) is 12.9. The normalized spacial score (nSPS) is 19.4. The molecule has 0 radical (unpaired) electrons. The van der Waals surface area contributed by atoms with Crippen molar-refractivity contribution in [3.63, 3.8) is 0 Å². The fourth-order valence-electron chi connectivity index (χ4n) is 10.8. The minimum absolute atomic E-state index is 0.259. The lowest BCUT2D eigenvalue weighted by Crippen LogP contribution is -2.54. The van der Waals surface area contributed by atoms with E-state index < -0.39 is 0 Å². The molecule has 2 aliphatic heterocycles. The van der Waals surface area contributed by atoms with Gasteiger partial charge in [0.15, 0.2) is 0 Å². The maximum absolute atomic E-state index is 2.53. The average Bonchev–Trinajstić information content (AvgIpc) is 3.25. The van der Waals surface area contributed by atoms with E-state index in [-0.39, 0.29) is 10.8 Å². The van der Waals surface area contributed by atoms with Crippen LogP contribution >= 0.6 is 0 Å². The van der Waals surface area contributed by atoms with Crippen molar-refractivity contribution in [2.24, 2.45) is 0 Å². The molecule has 0 fully saturated rings. The van der Waals surface area contributed by atoms with Crippen LogP contribution in [-0.2, 0) is 10.8 Å². The van der Waals surface area contributed by atoms with E-state index in [0.29, 0.717) is 0 Å². The fourth-order valence-corrected chi connectivity index (χ4v) is 10.8. The molecule has 2 atom stereocenters. The van der Waals surface area contributed by atoms with Gasteiger partial charge in [0.05, 0.1) is 22.7 Å². The van der Waals surface area contributed by atoms with E-state index in [1.807, 2.05) is 0 Å². The topological polar surface area (TPSA) is 6.48 Å². The minimum Gasteiger partial charge on any atom is -0.310 e. The van der Waals surface area contributed by atoms with Crippen LogP contribution in [-0.4, -0.2) is 0 Å². The second-order valence-electron chi connectivity index (χ2n) is 15.2. The second-order valence-corrected chi connectivity index (χ2v) is 15.2. The number of rotatable bonds is 4. The highest BCUT2D eigenvalue weighted by Crippen LogP contribution is 2.72. The Labute approximate surface area is 316 Å². The number of anilines is 6. The summed E-state index contributed by atoms with van der Waals surface area (Å²) >= 11 is 0. The molecule has 0 amide bonds. The monoisotopic (exact) mass is 688 g/mol. The first-order chi connectivity index (χ1) is 26.8. The van der Waals surface area contributed by atoms with Crippen LogP contribution in [0.1, 0.15) is 46.2 Å². The highest BCUT2D eigenvalue weighted by Gasteiger charge is 2.63. The zero-order valence-electron chi connectivity index (χ0n) is 29.8. The highest BCUT2D eigenvalue weighted by atomic mass is 15.2. The van der Waals surface area contributed by atoms with E-state index in [4.69, 9.17) is 0 Å². The number of fused-ring (bicyclic) bond motifs is 3. The zero-order chi connectivity index (χ0) is 35.4. The second kappa shape index (κ2) is 10.9. The van der Waals surface area contributed by atoms with Gasteiger partial charge in [-0.05, 0) is 117 Å². The largest absolute Gasteiger partial charge is 0.310 e. The molecule has 0 saturated carbocycles. The van der Waals surface area contributed by atoms with Gasteiger partial charge < -0.3 is 9.80 Å². The molecule has 5 aliphatic rings. The van der Waals surface area contributed by atoms with Gasteiger partial charge in [0.25, 0.3) is 0 Å². The molecule has 8 aromatic rings. The van der Waals surface area contributed by atoms with Gasteiger partial charge >= 0.3 is 0 Å². The van der Waals surface area contributed by atoms with E-state index in [2.05, 4.69) is 204 Å². The molecular formula is C52H36N2. The van der Waals surface area contributed by atoms with Crippen LogP contribution < -0.4 is 9.80 Å². The van der Waals surface area contributed by atoms with E-state index in [9.17, 15) is 0 Å². The lowest BCUT2D eigenvalue weighted by Gasteiger charge is -2.62. The van der Waals surface area contributed by atoms with Crippen molar-refractivity contribution in [1.82, 2.24) is 0 Å². The van der Waals surface area contributed by atoms with Crippen LogP contribution in [0, 0.1) is 0 Å². The first-order valence-corrected chi connectivity index (χ1v) is 19.2. The Hall–Kier alpha value is -6.64. The standard InChI is InChI=1S/C52H36N2/c1-3-13-35(14-4-1)37-25-29-39(30-26-37)53-45-21-9-7-17-41(45)51-33-34-52(43-19-11-23-47(53)49(43)51)42-18-8-10-22-46(42)54(48-24-12-20-44(51)50(48)52)40-31-27-38(28-32-40)36-15-5-2-6-16-36/h1-32H,33-34H2. The Morgan fingerprint density at radius 3 is 1.04 bits per heavy atom. The smallest absolute Gasteiger partial charge is 0.0509 e.